The van der Waals surface area contributed by atoms with E-state index in [1.165, 1.54) is 26.4 Å². The lowest BCUT2D eigenvalue weighted by molar-refractivity contribution is 0.0955. The molecule has 0 radical (unpaired) electrons. The van der Waals surface area contributed by atoms with E-state index in [1.807, 2.05) is 0 Å². The molecule has 0 atom stereocenters. The number of nitrogens with one attached hydrogen (secondary N) is 2. The van der Waals surface area contributed by atoms with Gasteiger partial charge in [-0.25, -0.2) is 8.42 Å². The Kier molecular flexibility index (Phi) is 6.10. The van der Waals surface area contributed by atoms with Crippen LogP contribution in [0.1, 0.15) is 22.8 Å². The molecule has 0 fully saturated rings. The molecule has 0 heterocycles. The van der Waals surface area contributed by atoms with Crippen molar-refractivity contribution in [1.82, 2.24) is 5.32 Å². The quantitative estimate of drug-likeness (QED) is 0.772. The second kappa shape index (κ2) is 8.09. The molecule has 0 aromatic heterocycles. The summed E-state index contributed by atoms with van der Waals surface area (Å²) in [6.07, 6.45) is 0. The van der Waals surface area contributed by atoms with E-state index in [-0.39, 0.29) is 16.5 Å². The van der Waals surface area contributed by atoms with Gasteiger partial charge in [0.1, 0.15) is 11.5 Å². The molecule has 1 amide bonds. The van der Waals surface area contributed by atoms with E-state index in [2.05, 4.69) is 10.0 Å². The van der Waals surface area contributed by atoms with Crippen molar-refractivity contribution in [2.45, 2.75) is 18.7 Å². The Morgan fingerprint density at radius 3 is 2.42 bits per heavy atom. The molecule has 7 nitrogen and oxygen atoms in total. The summed E-state index contributed by atoms with van der Waals surface area (Å²) >= 11 is 0. The molecule has 26 heavy (non-hydrogen) atoms. The van der Waals surface area contributed by atoms with Crippen LogP contribution in [-0.4, -0.2) is 35.1 Å². The lowest BCUT2D eigenvalue weighted by Gasteiger charge is -2.14. The number of rotatable bonds is 7. The van der Waals surface area contributed by atoms with Gasteiger partial charge >= 0.3 is 0 Å². The highest BCUT2D eigenvalue weighted by Crippen LogP contribution is 2.31. The van der Waals surface area contributed by atoms with Crippen molar-refractivity contribution in [3.05, 3.63) is 47.5 Å². The van der Waals surface area contributed by atoms with Crippen LogP contribution in [0.15, 0.2) is 41.3 Å². The summed E-state index contributed by atoms with van der Waals surface area (Å²) in [7, 11) is -0.960. The second-order valence-electron chi connectivity index (χ2n) is 5.51. The standard InChI is InChI=1S/C18H22N2O5S/c1-5-19-18(21)15-11-14(8-6-12(15)2)26(22,23)20-16-9-7-13(24-3)10-17(16)25-4/h6-11,20H,5H2,1-4H3,(H,19,21). The molecular formula is C18H22N2O5S. The molecule has 140 valence electrons. The molecule has 2 aromatic rings. The van der Waals surface area contributed by atoms with Crippen LogP contribution in [0.4, 0.5) is 5.69 Å². The molecule has 0 bridgehead atoms. The van der Waals surface area contributed by atoms with Gasteiger partial charge < -0.3 is 14.8 Å². The Balaban J connectivity index is 2.39. The summed E-state index contributed by atoms with van der Waals surface area (Å²) in [5.74, 6) is 0.548. The molecule has 0 aliphatic heterocycles. The number of carbonyl (C=O) groups excluding carboxylic acids is 1. The van der Waals surface area contributed by atoms with Crippen molar-refractivity contribution >= 4 is 21.6 Å². The van der Waals surface area contributed by atoms with Crippen LogP contribution >= 0.6 is 0 Å². The number of ether oxygens (including phenoxy) is 2. The minimum absolute atomic E-state index is 0.0118. The lowest BCUT2D eigenvalue weighted by atomic mass is 10.1. The topological polar surface area (TPSA) is 93.7 Å². The number of methoxy groups -OCH3 is 2. The largest absolute Gasteiger partial charge is 0.497 e. The van der Waals surface area contributed by atoms with Crippen LogP contribution < -0.4 is 19.5 Å². The Bertz CT molecular complexity index is 910. The molecule has 8 heteroatoms. The van der Waals surface area contributed by atoms with E-state index in [4.69, 9.17) is 9.47 Å². The van der Waals surface area contributed by atoms with Crippen molar-refractivity contribution in [3.63, 3.8) is 0 Å². The highest BCUT2D eigenvalue weighted by Gasteiger charge is 2.20. The smallest absolute Gasteiger partial charge is 0.262 e. The number of benzene rings is 2. The predicted octanol–water partition coefficient (Wildman–Crippen LogP) is 2.56. The first kappa shape index (κ1) is 19.6. The average molecular weight is 378 g/mol. The first-order valence-corrected chi connectivity index (χ1v) is 9.44. The van der Waals surface area contributed by atoms with Gasteiger partial charge in [-0.2, -0.15) is 0 Å². The van der Waals surface area contributed by atoms with E-state index in [0.717, 1.165) is 0 Å². The average Bonchev–Trinajstić information content (AvgIpc) is 2.62. The SMILES string of the molecule is CCNC(=O)c1cc(S(=O)(=O)Nc2ccc(OC)cc2OC)ccc1C. The summed E-state index contributed by atoms with van der Waals surface area (Å²) in [5, 5.41) is 2.67. The molecule has 0 aliphatic rings. The fourth-order valence-corrected chi connectivity index (χ4v) is 3.45. The third kappa shape index (κ3) is 4.26. The van der Waals surface area contributed by atoms with Crippen LogP contribution in [0.2, 0.25) is 0 Å². The first-order chi connectivity index (χ1) is 12.3. The zero-order valence-electron chi connectivity index (χ0n) is 15.1. The number of amides is 1. The highest BCUT2D eigenvalue weighted by atomic mass is 32.2. The zero-order chi connectivity index (χ0) is 19.3. The third-order valence-corrected chi connectivity index (χ3v) is 5.12. The minimum atomic E-state index is -3.90. The van der Waals surface area contributed by atoms with E-state index in [9.17, 15) is 13.2 Å². The summed E-state index contributed by atoms with van der Waals surface area (Å²) < 4.78 is 38.3. The first-order valence-electron chi connectivity index (χ1n) is 7.96. The summed E-state index contributed by atoms with van der Waals surface area (Å²) in [6.45, 7) is 4.00. The highest BCUT2D eigenvalue weighted by molar-refractivity contribution is 7.92. The van der Waals surface area contributed by atoms with Gasteiger partial charge in [0, 0.05) is 18.2 Å². The second-order valence-corrected chi connectivity index (χ2v) is 7.19. The van der Waals surface area contributed by atoms with Gasteiger partial charge in [-0.1, -0.05) is 6.07 Å². The normalized spacial score (nSPS) is 10.9. The Labute approximate surface area is 153 Å². The third-order valence-electron chi connectivity index (χ3n) is 3.75. The van der Waals surface area contributed by atoms with Gasteiger partial charge in [0.25, 0.3) is 15.9 Å². The van der Waals surface area contributed by atoms with Gasteiger partial charge in [0.05, 0.1) is 24.8 Å². The van der Waals surface area contributed by atoms with E-state index >= 15 is 0 Å². The van der Waals surface area contributed by atoms with Crippen molar-refractivity contribution < 1.29 is 22.7 Å². The van der Waals surface area contributed by atoms with E-state index < -0.39 is 10.0 Å². The van der Waals surface area contributed by atoms with Crippen LogP contribution in [0.3, 0.4) is 0 Å². The Hall–Kier alpha value is -2.74. The minimum Gasteiger partial charge on any atom is -0.497 e. The molecule has 0 spiro atoms. The zero-order valence-corrected chi connectivity index (χ0v) is 15.9. The molecule has 2 aromatic carbocycles. The molecule has 2 rings (SSSR count). The molecule has 0 unspecified atom stereocenters. The number of sulfonamides is 1. The summed E-state index contributed by atoms with van der Waals surface area (Å²) in [6, 6.07) is 9.16. The summed E-state index contributed by atoms with van der Waals surface area (Å²) in [5.41, 5.74) is 1.28. The maximum absolute atomic E-state index is 12.7. The Morgan fingerprint density at radius 2 is 1.81 bits per heavy atom. The fraction of sp³-hybridized carbons (Fsp3) is 0.278. The van der Waals surface area contributed by atoms with Crippen LogP contribution in [0, 0.1) is 6.92 Å². The van der Waals surface area contributed by atoms with Gasteiger partial charge in [0.15, 0.2) is 0 Å². The van der Waals surface area contributed by atoms with E-state index in [0.29, 0.717) is 29.2 Å². The van der Waals surface area contributed by atoms with Gasteiger partial charge in [0.2, 0.25) is 0 Å². The number of hydrogen-bond acceptors (Lipinski definition) is 5. The molecule has 2 N–H and O–H groups in total. The molecule has 0 saturated heterocycles. The van der Waals surface area contributed by atoms with E-state index in [1.54, 1.807) is 38.1 Å². The van der Waals surface area contributed by atoms with Crippen molar-refractivity contribution in [1.29, 1.82) is 0 Å². The number of anilines is 1. The maximum atomic E-state index is 12.7. The fourth-order valence-electron chi connectivity index (χ4n) is 2.36. The Morgan fingerprint density at radius 1 is 1.08 bits per heavy atom. The lowest BCUT2D eigenvalue weighted by Crippen LogP contribution is -2.24. The van der Waals surface area contributed by atoms with Gasteiger partial charge in [-0.05, 0) is 43.7 Å². The van der Waals surface area contributed by atoms with Crippen LogP contribution in [0.5, 0.6) is 11.5 Å². The molecular weight excluding hydrogens is 356 g/mol. The molecule has 0 aliphatic carbocycles. The van der Waals surface area contributed by atoms with Crippen molar-refractivity contribution in [2.24, 2.45) is 0 Å². The van der Waals surface area contributed by atoms with Gasteiger partial charge in [-0.3, -0.25) is 9.52 Å². The van der Waals surface area contributed by atoms with Gasteiger partial charge in [-0.15, -0.1) is 0 Å². The number of hydrogen-bond donors (Lipinski definition) is 2. The van der Waals surface area contributed by atoms with Crippen molar-refractivity contribution in [3.8, 4) is 11.5 Å². The maximum Gasteiger partial charge on any atom is 0.262 e. The molecule has 0 saturated carbocycles. The van der Waals surface area contributed by atoms with Crippen molar-refractivity contribution in [2.75, 3.05) is 25.5 Å². The summed E-state index contributed by atoms with van der Waals surface area (Å²) in [4.78, 5) is 12.1. The van der Waals surface area contributed by atoms with Crippen LogP contribution in [0.25, 0.3) is 0 Å². The number of aryl methyl sites for hydroxylation is 1. The predicted molar refractivity (Wildman–Crippen MR) is 99.5 cm³/mol. The van der Waals surface area contributed by atoms with Crippen LogP contribution in [-0.2, 0) is 10.0 Å². The number of carbonyl (C=O) groups is 1. The monoisotopic (exact) mass is 378 g/mol.